The fourth-order valence-electron chi connectivity index (χ4n) is 3.23. The normalized spacial score (nSPS) is 10.9. The van der Waals surface area contributed by atoms with Gasteiger partial charge in [-0.2, -0.15) is 0 Å². The number of ketones is 1. The molecule has 0 saturated heterocycles. The Morgan fingerprint density at radius 2 is 1.48 bits per heavy atom. The molecule has 0 unspecified atom stereocenters. The maximum atomic E-state index is 12.9. The molecule has 0 spiro atoms. The maximum absolute atomic E-state index is 12.9. The van der Waals surface area contributed by atoms with Crippen LogP contribution in [0, 0.1) is 13.8 Å². The maximum Gasteiger partial charge on any atom is 0.337 e. The standard InChI is InChI=1S/C20H26N4O5/c1-6-8-22-18(26)23(9-7-2)20(28)24(19(22)27)13-17(25)16-12-14(3)21(15(16)4)10-11-29-5/h6-7,12H,1-2,8-11,13H2,3-5H3. The number of hydrogen-bond donors (Lipinski definition) is 0. The van der Waals surface area contributed by atoms with E-state index in [2.05, 4.69) is 13.2 Å². The highest BCUT2D eigenvalue weighted by atomic mass is 16.5. The van der Waals surface area contributed by atoms with E-state index < -0.39 is 29.4 Å². The van der Waals surface area contributed by atoms with E-state index >= 15 is 0 Å². The number of rotatable bonds is 10. The molecule has 9 nitrogen and oxygen atoms in total. The van der Waals surface area contributed by atoms with Crippen LogP contribution in [0.15, 0.2) is 45.8 Å². The second-order valence-electron chi connectivity index (χ2n) is 6.58. The number of allylic oxidation sites excluding steroid dienone is 2. The fourth-order valence-corrected chi connectivity index (χ4v) is 3.23. The summed E-state index contributed by atoms with van der Waals surface area (Å²) < 4.78 is 9.54. The predicted octanol–water partition coefficient (Wildman–Crippen LogP) is 0.491. The van der Waals surface area contributed by atoms with E-state index in [4.69, 9.17) is 4.74 Å². The number of hydrogen-bond acceptors (Lipinski definition) is 5. The highest BCUT2D eigenvalue weighted by Crippen LogP contribution is 2.16. The summed E-state index contributed by atoms with van der Waals surface area (Å²) in [6.07, 6.45) is 2.75. The summed E-state index contributed by atoms with van der Waals surface area (Å²) in [6.45, 7) is 11.2. The average molecular weight is 402 g/mol. The number of Topliss-reactive ketones (excluding diaryl/α,β-unsaturated/α-hetero) is 1. The third-order valence-electron chi connectivity index (χ3n) is 4.70. The smallest absolute Gasteiger partial charge is 0.337 e. The minimum atomic E-state index is -0.846. The first kappa shape index (κ1) is 22.1. The molecule has 0 aliphatic heterocycles. The van der Waals surface area contributed by atoms with Crippen molar-refractivity contribution in [1.82, 2.24) is 18.3 Å². The lowest BCUT2D eigenvalue weighted by Gasteiger charge is -2.12. The Morgan fingerprint density at radius 3 is 1.97 bits per heavy atom. The van der Waals surface area contributed by atoms with Gasteiger partial charge in [0.2, 0.25) is 0 Å². The molecule has 9 heteroatoms. The van der Waals surface area contributed by atoms with E-state index in [-0.39, 0.29) is 13.1 Å². The van der Waals surface area contributed by atoms with Crippen LogP contribution >= 0.6 is 0 Å². The molecule has 0 atom stereocenters. The van der Waals surface area contributed by atoms with Crippen LogP contribution in [0.2, 0.25) is 0 Å². The molecule has 0 saturated carbocycles. The van der Waals surface area contributed by atoms with Gasteiger partial charge >= 0.3 is 17.1 Å². The van der Waals surface area contributed by atoms with E-state index in [1.165, 1.54) is 12.2 Å². The topological polar surface area (TPSA) is 97.2 Å². The molecule has 0 aromatic carbocycles. The van der Waals surface area contributed by atoms with Crippen molar-refractivity contribution in [3.8, 4) is 0 Å². The zero-order valence-electron chi connectivity index (χ0n) is 17.0. The second-order valence-corrected chi connectivity index (χ2v) is 6.58. The van der Waals surface area contributed by atoms with Crippen molar-refractivity contribution in [2.24, 2.45) is 0 Å². The average Bonchev–Trinajstić information content (AvgIpc) is 2.98. The molecule has 0 aliphatic rings. The Bertz CT molecular complexity index is 1070. The van der Waals surface area contributed by atoms with Crippen LogP contribution in [0.1, 0.15) is 21.7 Å². The van der Waals surface area contributed by atoms with Gasteiger partial charge in [0, 0.05) is 30.6 Å². The van der Waals surface area contributed by atoms with Gasteiger partial charge in [-0.1, -0.05) is 12.2 Å². The Balaban J connectivity index is 2.54. The molecule has 156 valence electrons. The van der Waals surface area contributed by atoms with Crippen molar-refractivity contribution in [2.45, 2.75) is 40.0 Å². The molecule has 2 aromatic rings. The number of carbonyl (C=O) groups excluding carboxylic acids is 1. The van der Waals surface area contributed by atoms with Gasteiger partial charge < -0.3 is 9.30 Å². The summed E-state index contributed by atoms with van der Waals surface area (Å²) in [6, 6.07) is 1.72. The van der Waals surface area contributed by atoms with Gasteiger partial charge in [0.1, 0.15) is 0 Å². The van der Waals surface area contributed by atoms with Crippen molar-refractivity contribution in [1.29, 1.82) is 0 Å². The highest BCUT2D eigenvalue weighted by Gasteiger charge is 2.20. The number of aromatic nitrogens is 4. The summed E-state index contributed by atoms with van der Waals surface area (Å²) in [5.41, 5.74) is -0.439. The number of methoxy groups -OCH3 is 1. The largest absolute Gasteiger partial charge is 0.383 e. The first-order chi connectivity index (χ1) is 13.8. The molecule has 0 bridgehead atoms. The first-order valence-electron chi connectivity index (χ1n) is 9.13. The molecule has 0 N–H and O–H groups in total. The van der Waals surface area contributed by atoms with Crippen LogP contribution in [0.3, 0.4) is 0 Å². The molecular formula is C20H26N4O5. The predicted molar refractivity (Wildman–Crippen MR) is 110 cm³/mol. The van der Waals surface area contributed by atoms with Gasteiger partial charge in [-0.3, -0.25) is 4.79 Å². The van der Waals surface area contributed by atoms with Crippen LogP contribution in [0.5, 0.6) is 0 Å². The van der Waals surface area contributed by atoms with Gasteiger partial charge in [0.25, 0.3) is 0 Å². The number of ether oxygens (including phenoxy) is 1. The van der Waals surface area contributed by atoms with E-state index in [0.29, 0.717) is 18.7 Å². The molecule has 2 rings (SSSR count). The third kappa shape index (κ3) is 4.29. The lowest BCUT2D eigenvalue weighted by molar-refractivity contribution is 0.0965. The van der Waals surface area contributed by atoms with Gasteiger partial charge in [0.15, 0.2) is 5.78 Å². The highest BCUT2D eigenvalue weighted by molar-refractivity contribution is 5.97. The van der Waals surface area contributed by atoms with E-state index in [1.807, 2.05) is 11.5 Å². The monoisotopic (exact) mass is 402 g/mol. The summed E-state index contributed by atoms with van der Waals surface area (Å²) in [7, 11) is 1.60. The lowest BCUT2D eigenvalue weighted by Crippen LogP contribution is -2.55. The van der Waals surface area contributed by atoms with Gasteiger partial charge in [0.05, 0.1) is 26.2 Å². The van der Waals surface area contributed by atoms with Gasteiger partial charge in [-0.15, -0.1) is 13.2 Å². The second kappa shape index (κ2) is 9.33. The zero-order chi connectivity index (χ0) is 21.7. The summed E-state index contributed by atoms with van der Waals surface area (Å²) in [5.74, 6) is -0.394. The molecule has 29 heavy (non-hydrogen) atoms. The molecule has 2 heterocycles. The summed E-state index contributed by atoms with van der Waals surface area (Å²) in [4.78, 5) is 50.7. The first-order valence-corrected chi connectivity index (χ1v) is 9.13. The lowest BCUT2D eigenvalue weighted by atomic mass is 10.1. The summed E-state index contributed by atoms with van der Waals surface area (Å²) in [5, 5.41) is 0. The van der Waals surface area contributed by atoms with Crippen molar-refractivity contribution in [3.63, 3.8) is 0 Å². The Labute approximate surface area is 167 Å². The quantitative estimate of drug-likeness (QED) is 0.426. The van der Waals surface area contributed by atoms with Crippen LogP contribution in [0.4, 0.5) is 0 Å². The van der Waals surface area contributed by atoms with Crippen LogP contribution < -0.4 is 17.1 Å². The number of aryl methyl sites for hydroxylation is 1. The zero-order valence-corrected chi connectivity index (χ0v) is 17.0. The Hall–Kier alpha value is -3.20. The van der Waals surface area contributed by atoms with Crippen molar-refractivity contribution in [2.75, 3.05) is 13.7 Å². The van der Waals surface area contributed by atoms with E-state index in [1.54, 1.807) is 20.1 Å². The Morgan fingerprint density at radius 1 is 0.966 bits per heavy atom. The molecule has 0 radical (unpaired) electrons. The van der Waals surface area contributed by atoms with Gasteiger partial charge in [-0.05, 0) is 19.9 Å². The minimum absolute atomic E-state index is 0.0746. The number of carbonyl (C=O) groups is 1. The molecule has 2 aromatic heterocycles. The van der Waals surface area contributed by atoms with Crippen molar-refractivity contribution < 1.29 is 9.53 Å². The van der Waals surface area contributed by atoms with Crippen LogP contribution in [-0.2, 0) is 30.9 Å². The van der Waals surface area contributed by atoms with E-state index in [0.717, 1.165) is 25.1 Å². The van der Waals surface area contributed by atoms with Crippen molar-refractivity contribution in [3.05, 3.63) is 79.8 Å². The molecule has 0 aliphatic carbocycles. The third-order valence-corrected chi connectivity index (χ3v) is 4.70. The fraction of sp³-hybridized carbons (Fsp3) is 0.400. The van der Waals surface area contributed by atoms with Gasteiger partial charge in [-0.25, -0.2) is 28.1 Å². The molecule has 0 amide bonds. The summed E-state index contributed by atoms with van der Waals surface area (Å²) >= 11 is 0. The number of nitrogens with zero attached hydrogens (tertiary/aromatic N) is 4. The Kier molecular flexibility index (Phi) is 7.11. The molecule has 0 fully saturated rings. The molecular weight excluding hydrogens is 376 g/mol. The van der Waals surface area contributed by atoms with Crippen LogP contribution in [-0.4, -0.2) is 37.8 Å². The van der Waals surface area contributed by atoms with Crippen LogP contribution in [0.25, 0.3) is 0 Å². The van der Waals surface area contributed by atoms with Crippen molar-refractivity contribution >= 4 is 5.78 Å². The SMILES string of the molecule is C=CCn1c(=O)n(CC=C)c(=O)n(CC(=O)c2cc(C)n(CCOC)c2C)c1=O. The van der Waals surface area contributed by atoms with E-state index in [9.17, 15) is 19.2 Å². The minimum Gasteiger partial charge on any atom is -0.383 e.